The van der Waals surface area contributed by atoms with Crippen LogP contribution in [0, 0.1) is 0 Å². The van der Waals surface area contributed by atoms with Crippen LogP contribution in [0.5, 0.6) is 5.75 Å². The molecule has 3 rings (SSSR count). The lowest BCUT2D eigenvalue weighted by molar-refractivity contribution is 0.0505. The van der Waals surface area contributed by atoms with Gasteiger partial charge in [-0.05, 0) is 49.2 Å². The minimum Gasteiger partial charge on any atom is -0.506 e. The molecule has 1 amide bonds. The van der Waals surface area contributed by atoms with E-state index in [-0.39, 0.29) is 11.3 Å². The predicted molar refractivity (Wildman–Crippen MR) is 124 cm³/mol. The summed E-state index contributed by atoms with van der Waals surface area (Å²) >= 11 is 0. The normalized spacial score (nSPS) is 10.8. The number of hydrogen-bond acceptors (Lipinski definition) is 5. The number of unbranched alkanes of at least 4 members (excludes halogenated alkanes) is 2. The number of fused-ring (bicyclic) bond motifs is 1. The number of anilines is 1. The van der Waals surface area contributed by atoms with Crippen molar-refractivity contribution in [3.05, 3.63) is 70.0 Å². The maximum atomic E-state index is 13.2. The number of nitrogens with one attached hydrogen (secondary N) is 1. The first-order valence-corrected chi connectivity index (χ1v) is 10.9. The molecule has 2 aromatic carbocycles. The number of rotatable bonds is 9. The molecule has 0 radical (unpaired) electrons. The number of amides is 1. The van der Waals surface area contributed by atoms with Gasteiger partial charge in [-0.25, -0.2) is 4.79 Å². The first-order chi connectivity index (χ1) is 15.5. The highest BCUT2D eigenvalue weighted by Gasteiger charge is 2.22. The van der Waals surface area contributed by atoms with E-state index in [0.717, 1.165) is 25.7 Å². The number of benzene rings is 2. The van der Waals surface area contributed by atoms with E-state index in [9.17, 15) is 19.5 Å². The van der Waals surface area contributed by atoms with E-state index in [4.69, 9.17) is 4.74 Å². The quantitative estimate of drug-likeness (QED) is 0.374. The molecule has 32 heavy (non-hydrogen) atoms. The van der Waals surface area contributed by atoms with Gasteiger partial charge in [-0.2, -0.15) is 0 Å². The molecule has 0 spiro atoms. The molecule has 0 aliphatic rings. The second-order valence-electron chi connectivity index (χ2n) is 7.57. The maximum Gasteiger partial charge on any atom is 0.338 e. The lowest BCUT2D eigenvalue weighted by atomic mass is 10.1. The van der Waals surface area contributed by atoms with Crippen LogP contribution in [-0.4, -0.2) is 28.2 Å². The molecular weight excluding hydrogens is 408 g/mol. The number of pyridine rings is 1. The third-order valence-corrected chi connectivity index (χ3v) is 5.17. The summed E-state index contributed by atoms with van der Waals surface area (Å²) in [6.45, 7) is 4.78. The van der Waals surface area contributed by atoms with Crippen LogP contribution in [0.2, 0.25) is 0 Å². The van der Waals surface area contributed by atoms with E-state index in [1.807, 2.05) is 6.92 Å². The summed E-state index contributed by atoms with van der Waals surface area (Å²) in [6, 6.07) is 13.2. The standard InChI is InChI=1S/C25H28N2O5/c1-3-5-8-15-27-20-10-7-6-9-19(20)22(28)21(24(27)30)23(29)26-18-13-11-17(12-14-18)25(31)32-16-4-2/h6-7,9-14,28H,3-5,8,15-16H2,1-2H3,(H,26,29). The molecule has 0 aliphatic heterocycles. The van der Waals surface area contributed by atoms with Crippen molar-refractivity contribution in [1.29, 1.82) is 0 Å². The van der Waals surface area contributed by atoms with Crippen molar-refractivity contribution in [1.82, 2.24) is 4.57 Å². The highest BCUT2D eigenvalue weighted by atomic mass is 16.5. The van der Waals surface area contributed by atoms with Gasteiger partial charge in [-0.3, -0.25) is 9.59 Å². The number of aromatic nitrogens is 1. The second kappa shape index (κ2) is 10.6. The lowest BCUT2D eigenvalue weighted by Crippen LogP contribution is -2.30. The van der Waals surface area contributed by atoms with Crippen molar-refractivity contribution in [2.45, 2.75) is 46.1 Å². The van der Waals surface area contributed by atoms with Crippen molar-refractivity contribution in [3.63, 3.8) is 0 Å². The lowest BCUT2D eigenvalue weighted by Gasteiger charge is -2.15. The van der Waals surface area contributed by atoms with Crippen LogP contribution < -0.4 is 10.9 Å². The van der Waals surface area contributed by atoms with Crippen LogP contribution in [0.4, 0.5) is 5.69 Å². The zero-order valence-corrected chi connectivity index (χ0v) is 18.4. The van der Waals surface area contributed by atoms with Crippen LogP contribution in [0.1, 0.15) is 60.2 Å². The molecule has 7 nitrogen and oxygen atoms in total. The highest BCUT2D eigenvalue weighted by Crippen LogP contribution is 2.27. The van der Waals surface area contributed by atoms with Gasteiger partial charge < -0.3 is 19.7 Å². The van der Waals surface area contributed by atoms with Gasteiger partial charge in [0.15, 0.2) is 0 Å². The number of para-hydroxylation sites is 1. The third kappa shape index (κ3) is 4.99. The van der Waals surface area contributed by atoms with E-state index in [0.29, 0.717) is 35.3 Å². The molecule has 7 heteroatoms. The van der Waals surface area contributed by atoms with Gasteiger partial charge in [0.2, 0.25) is 0 Å². The number of aromatic hydroxyl groups is 1. The van der Waals surface area contributed by atoms with Gasteiger partial charge in [-0.15, -0.1) is 0 Å². The van der Waals surface area contributed by atoms with Crippen molar-refractivity contribution < 1.29 is 19.4 Å². The number of hydrogen-bond donors (Lipinski definition) is 2. The Hall–Kier alpha value is -3.61. The first-order valence-electron chi connectivity index (χ1n) is 10.9. The summed E-state index contributed by atoms with van der Waals surface area (Å²) in [5.41, 5.74) is 0.522. The summed E-state index contributed by atoms with van der Waals surface area (Å²) < 4.78 is 6.64. The van der Waals surface area contributed by atoms with Crippen LogP contribution in [-0.2, 0) is 11.3 Å². The number of carbonyl (C=O) groups is 2. The Labute approximate surface area is 186 Å². The fraction of sp³-hybridized carbons (Fsp3) is 0.320. The number of esters is 1. The zero-order chi connectivity index (χ0) is 23.1. The minimum absolute atomic E-state index is 0.299. The fourth-order valence-corrected chi connectivity index (χ4v) is 3.50. The molecule has 0 saturated carbocycles. The Morgan fingerprint density at radius 1 is 1.00 bits per heavy atom. The molecule has 3 aromatic rings. The van der Waals surface area contributed by atoms with Crippen molar-refractivity contribution >= 4 is 28.5 Å². The first kappa shape index (κ1) is 23.1. The van der Waals surface area contributed by atoms with E-state index in [1.54, 1.807) is 41.0 Å². The SMILES string of the molecule is CCCCCn1c(=O)c(C(=O)Nc2ccc(C(=O)OCCC)cc2)c(O)c2ccccc21. The largest absolute Gasteiger partial charge is 0.506 e. The average Bonchev–Trinajstić information content (AvgIpc) is 2.80. The Morgan fingerprint density at radius 2 is 1.72 bits per heavy atom. The van der Waals surface area contributed by atoms with Gasteiger partial charge in [0.1, 0.15) is 11.3 Å². The number of ether oxygens (including phenoxy) is 1. The molecule has 0 aliphatic carbocycles. The Morgan fingerprint density at radius 3 is 2.41 bits per heavy atom. The Kier molecular flexibility index (Phi) is 7.65. The number of aryl methyl sites for hydroxylation is 1. The van der Waals surface area contributed by atoms with Gasteiger partial charge in [0.05, 0.1) is 17.7 Å². The molecule has 2 N–H and O–H groups in total. The summed E-state index contributed by atoms with van der Waals surface area (Å²) in [5.74, 6) is -1.48. The number of nitrogens with zero attached hydrogens (tertiary/aromatic N) is 1. The van der Waals surface area contributed by atoms with Crippen LogP contribution in [0.3, 0.4) is 0 Å². The van der Waals surface area contributed by atoms with E-state index < -0.39 is 17.4 Å². The minimum atomic E-state index is -0.705. The van der Waals surface area contributed by atoms with Gasteiger partial charge in [0, 0.05) is 17.6 Å². The third-order valence-electron chi connectivity index (χ3n) is 5.17. The maximum absolute atomic E-state index is 13.2. The van der Waals surface area contributed by atoms with Crippen molar-refractivity contribution in [2.24, 2.45) is 0 Å². The predicted octanol–water partition coefficient (Wildman–Crippen LogP) is 4.72. The molecule has 1 aromatic heterocycles. The van der Waals surface area contributed by atoms with Gasteiger partial charge in [-0.1, -0.05) is 38.8 Å². The van der Waals surface area contributed by atoms with Crippen molar-refractivity contribution in [2.75, 3.05) is 11.9 Å². The van der Waals surface area contributed by atoms with Crippen LogP contribution in [0.15, 0.2) is 53.3 Å². The second-order valence-corrected chi connectivity index (χ2v) is 7.57. The van der Waals surface area contributed by atoms with Crippen LogP contribution >= 0.6 is 0 Å². The molecular formula is C25H28N2O5. The molecule has 0 bridgehead atoms. The fourth-order valence-electron chi connectivity index (χ4n) is 3.50. The topological polar surface area (TPSA) is 97.6 Å². The molecule has 0 saturated heterocycles. The summed E-state index contributed by atoms with van der Waals surface area (Å²) in [7, 11) is 0. The number of carbonyl (C=O) groups excluding carboxylic acids is 2. The summed E-state index contributed by atoms with van der Waals surface area (Å²) in [4.78, 5) is 38.1. The smallest absolute Gasteiger partial charge is 0.338 e. The van der Waals surface area contributed by atoms with Crippen molar-refractivity contribution in [3.8, 4) is 5.75 Å². The molecule has 1 heterocycles. The summed E-state index contributed by atoms with van der Waals surface area (Å²) in [5, 5.41) is 13.8. The monoisotopic (exact) mass is 436 g/mol. The zero-order valence-electron chi connectivity index (χ0n) is 18.4. The Balaban J connectivity index is 1.91. The van der Waals surface area contributed by atoms with Gasteiger partial charge >= 0.3 is 5.97 Å². The molecule has 0 fully saturated rings. The summed E-state index contributed by atoms with van der Waals surface area (Å²) in [6.07, 6.45) is 3.48. The molecule has 0 unspecified atom stereocenters. The van der Waals surface area contributed by atoms with E-state index in [1.165, 1.54) is 12.1 Å². The molecule has 168 valence electrons. The van der Waals surface area contributed by atoms with E-state index >= 15 is 0 Å². The van der Waals surface area contributed by atoms with Gasteiger partial charge in [0.25, 0.3) is 11.5 Å². The van der Waals surface area contributed by atoms with Crippen LogP contribution in [0.25, 0.3) is 10.9 Å². The Bertz CT molecular complexity index is 1170. The molecule has 0 atom stereocenters. The van der Waals surface area contributed by atoms with E-state index in [2.05, 4.69) is 12.2 Å². The highest BCUT2D eigenvalue weighted by molar-refractivity contribution is 6.09. The average molecular weight is 437 g/mol.